The number of piperidine rings is 1. The van der Waals surface area contributed by atoms with Crippen molar-refractivity contribution in [2.75, 3.05) is 13.6 Å². The summed E-state index contributed by atoms with van der Waals surface area (Å²) in [6, 6.07) is 10.8. The molecule has 2 bridgehead atoms. The lowest BCUT2D eigenvalue weighted by Gasteiger charge is -2.36. The minimum Gasteiger partial charge on any atom is -0.312 e. The van der Waals surface area contributed by atoms with Gasteiger partial charge in [-0.05, 0) is 75.1 Å². The molecule has 0 amide bonds. The minimum atomic E-state index is 0.863. The summed E-state index contributed by atoms with van der Waals surface area (Å²) in [5.41, 5.74) is 3.14. The quantitative estimate of drug-likeness (QED) is 0.890. The van der Waals surface area contributed by atoms with Crippen LogP contribution in [0.5, 0.6) is 0 Å². The van der Waals surface area contributed by atoms with Gasteiger partial charge in [0, 0.05) is 18.6 Å². The molecule has 1 N–H and O–H groups in total. The van der Waals surface area contributed by atoms with Crippen LogP contribution in [0.4, 0.5) is 0 Å². The number of fused-ring (bicyclic) bond motifs is 2. The lowest BCUT2D eigenvalue weighted by molar-refractivity contribution is 0.133. The van der Waals surface area contributed by atoms with Crippen molar-refractivity contribution in [3.63, 3.8) is 0 Å². The Kier molecular flexibility index (Phi) is 3.76. The zero-order chi connectivity index (χ0) is 14.2. The predicted molar refractivity (Wildman–Crippen MR) is 87.4 cm³/mol. The highest BCUT2D eigenvalue weighted by Crippen LogP contribution is 2.41. The molecule has 2 aliphatic heterocycles. The molecule has 0 aromatic heterocycles. The van der Waals surface area contributed by atoms with Crippen LogP contribution in [0.15, 0.2) is 24.3 Å². The van der Waals surface area contributed by atoms with Crippen LogP contribution in [0.2, 0.25) is 0 Å². The van der Waals surface area contributed by atoms with Gasteiger partial charge in [-0.2, -0.15) is 0 Å². The van der Waals surface area contributed by atoms with Crippen molar-refractivity contribution in [1.82, 2.24) is 10.2 Å². The van der Waals surface area contributed by atoms with Crippen molar-refractivity contribution >= 4 is 0 Å². The Morgan fingerprint density at radius 2 is 1.76 bits per heavy atom. The van der Waals surface area contributed by atoms with E-state index in [0.29, 0.717) is 0 Å². The molecule has 0 spiro atoms. The Hall–Kier alpha value is -0.860. The van der Waals surface area contributed by atoms with Gasteiger partial charge in [-0.25, -0.2) is 0 Å². The van der Waals surface area contributed by atoms with E-state index in [4.69, 9.17) is 0 Å². The van der Waals surface area contributed by atoms with E-state index in [2.05, 4.69) is 41.5 Å². The first-order chi connectivity index (χ1) is 10.3. The molecule has 2 nitrogen and oxygen atoms in total. The molecule has 1 aliphatic carbocycles. The highest BCUT2D eigenvalue weighted by Gasteiger charge is 2.38. The maximum atomic E-state index is 3.76. The van der Waals surface area contributed by atoms with E-state index in [0.717, 1.165) is 30.5 Å². The van der Waals surface area contributed by atoms with E-state index in [9.17, 15) is 0 Å². The third kappa shape index (κ3) is 2.89. The zero-order valence-electron chi connectivity index (χ0n) is 13.2. The van der Waals surface area contributed by atoms with E-state index in [-0.39, 0.29) is 0 Å². The molecule has 2 unspecified atom stereocenters. The molecular weight excluding hydrogens is 256 g/mol. The van der Waals surface area contributed by atoms with Crippen molar-refractivity contribution in [1.29, 1.82) is 0 Å². The van der Waals surface area contributed by atoms with Crippen molar-refractivity contribution in [2.45, 2.75) is 63.1 Å². The van der Waals surface area contributed by atoms with Crippen molar-refractivity contribution in [3.8, 4) is 0 Å². The second-order valence-corrected chi connectivity index (χ2v) is 7.49. The van der Waals surface area contributed by atoms with E-state index in [1.54, 1.807) is 5.56 Å². The molecular formula is C19H28N2. The van der Waals surface area contributed by atoms with Crippen LogP contribution in [0.3, 0.4) is 0 Å². The fourth-order valence-corrected chi connectivity index (χ4v) is 4.59. The highest BCUT2D eigenvalue weighted by atomic mass is 15.2. The summed E-state index contributed by atoms with van der Waals surface area (Å²) in [7, 11) is 2.33. The lowest BCUT2D eigenvalue weighted by Crippen LogP contribution is -2.42. The third-order valence-electron chi connectivity index (χ3n) is 6.02. The van der Waals surface area contributed by atoms with Gasteiger partial charge in [-0.3, -0.25) is 0 Å². The van der Waals surface area contributed by atoms with E-state index in [1.165, 1.54) is 50.6 Å². The van der Waals surface area contributed by atoms with Crippen molar-refractivity contribution in [2.24, 2.45) is 5.92 Å². The predicted octanol–water partition coefficient (Wildman–Crippen LogP) is 3.53. The molecule has 3 aliphatic rings. The average Bonchev–Trinajstić information content (AvgIpc) is 3.30. The first-order valence-electron chi connectivity index (χ1n) is 8.81. The molecule has 2 heterocycles. The smallest absolute Gasteiger partial charge is 0.0208 e. The van der Waals surface area contributed by atoms with Crippen LogP contribution >= 0.6 is 0 Å². The fourth-order valence-electron chi connectivity index (χ4n) is 4.59. The highest BCUT2D eigenvalue weighted by molar-refractivity contribution is 5.33. The van der Waals surface area contributed by atoms with Crippen LogP contribution in [0, 0.1) is 5.92 Å². The van der Waals surface area contributed by atoms with Gasteiger partial charge in [-0.15, -0.1) is 0 Å². The average molecular weight is 284 g/mol. The Labute approximate surface area is 128 Å². The molecule has 1 aromatic rings. The summed E-state index contributed by atoms with van der Waals surface area (Å²) in [5.74, 6) is 1.76. The molecule has 21 heavy (non-hydrogen) atoms. The zero-order valence-corrected chi connectivity index (χ0v) is 13.2. The number of hydrogen-bond donors (Lipinski definition) is 1. The van der Waals surface area contributed by atoms with Gasteiger partial charge in [0.05, 0.1) is 0 Å². The number of hydrogen-bond acceptors (Lipinski definition) is 2. The molecule has 114 valence electrons. The number of nitrogens with one attached hydrogen (secondary N) is 1. The van der Waals surface area contributed by atoms with Gasteiger partial charge in [0.2, 0.25) is 0 Å². The van der Waals surface area contributed by atoms with Crippen LogP contribution in [-0.2, 0) is 6.54 Å². The van der Waals surface area contributed by atoms with E-state index < -0.39 is 0 Å². The lowest BCUT2D eigenvalue weighted by atomic mass is 9.91. The number of rotatable bonds is 5. The van der Waals surface area contributed by atoms with Crippen LogP contribution in [0.1, 0.15) is 55.6 Å². The maximum Gasteiger partial charge on any atom is 0.0208 e. The fraction of sp³-hybridized carbons (Fsp3) is 0.684. The van der Waals surface area contributed by atoms with Crippen LogP contribution < -0.4 is 5.32 Å². The van der Waals surface area contributed by atoms with E-state index >= 15 is 0 Å². The monoisotopic (exact) mass is 284 g/mol. The van der Waals surface area contributed by atoms with Crippen LogP contribution in [0.25, 0.3) is 0 Å². The standard InChI is InChI=1S/C19H28N2/c1-21-17-8-9-18(21)11-14(10-17)12-20-13-16-4-2-3-5-19(16)15-6-7-15/h2-5,14-15,17-18,20H,6-13H2,1H3. The van der Waals surface area contributed by atoms with Crippen molar-refractivity contribution < 1.29 is 0 Å². The summed E-state index contributed by atoms with van der Waals surface area (Å²) < 4.78 is 0. The first kappa shape index (κ1) is 13.8. The Balaban J connectivity index is 1.30. The van der Waals surface area contributed by atoms with Gasteiger partial charge in [0.25, 0.3) is 0 Å². The molecule has 4 rings (SSSR count). The Morgan fingerprint density at radius 3 is 2.48 bits per heavy atom. The molecule has 1 saturated carbocycles. The summed E-state index contributed by atoms with van der Waals surface area (Å²) in [5, 5.41) is 3.76. The van der Waals surface area contributed by atoms with Crippen LogP contribution in [-0.4, -0.2) is 30.6 Å². The van der Waals surface area contributed by atoms with Gasteiger partial charge < -0.3 is 10.2 Å². The molecule has 3 fully saturated rings. The minimum absolute atomic E-state index is 0.863. The van der Waals surface area contributed by atoms with Gasteiger partial charge in [0.15, 0.2) is 0 Å². The van der Waals surface area contributed by atoms with E-state index in [1.807, 2.05) is 0 Å². The second kappa shape index (κ2) is 5.73. The summed E-state index contributed by atoms with van der Waals surface area (Å²) in [4.78, 5) is 2.64. The van der Waals surface area contributed by atoms with Gasteiger partial charge >= 0.3 is 0 Å². The molecule has 2 heteroatoms. The number of benzene rings is 1. The third-order valence-corrected chi connectivity index (χ3v) is 6.02. The maximum absolute atomic E-state index is 3.76. The first-order valence-corrected chi connectivity index (χ1v) is 8.81. The Bertz CT molecular complexity index is 480. The normalized spacial score (nSPS) is 32.5. The van der Waals surface area contributed by atoms with Gasteiger partial charge in [-0.1, -0.05) is 24.3 Å². The topological polar surface area (TPSA) is 15.3 Å². The summed E-state index contributed by atoms with van der Waals surface area (Å²) in [6.07, 6.45) is 8.48. The number of nitrogens with zero attached hydrogens (tertiary/aromatic N) is 1. The Morgan fingerprint density at radius 1 is 1.05 bits per heavy atom. The van der Waals surface area contributed by atoms with Gasteiger partial charge in [0.1, 0.15) is 0 Å². The summed E-state index contributed by atoms with van der Waals surface area (Å²) >= 11 is 0. The largest absolute Gasteiger partial charge is 0.312 e. The molecule has 0 radical (unpaired) electrons. The molecule has 2 atom stereocenters. The molecule has 2 saturated heterocycles. The summed E-state index contributed by atoms with van der Waals surface area (Å²) in [6.45, 7) is 2.27. The SMILES string of the molecule is CN1C2CCC1CC(CNCc1ccccc1C1CC1)C2. The second-order valence-electron chi connectivity index (χ2n) is 7.49. The van der Waals surface area contributed by atoms with Crippen molar-refractivity contribution in [3.05, 3.63) is 35.4 Å². The molecule has 1 aromatic carbocycles.